The third kappa shape index (κ3) is 2.53. The van der Waals surface area contributed by atoms with Crippen molar-refractivity contribution in [2.45, 2.75) is 12.2 Å². The molecule has 0 spiro atoms. The van der Waals surface area contributed by atoms with Crippen molar-refractivity contribution >= 4 is 11.6 Å². The summed E-state index contributed by atoms with van der Waals surface area (Å²) in [6.07, 6.45) is -0.740. The molecule has 1 fully saturated rings. The number of anilines is 1. The van der Waals surface area contributed by atoms with Gasteiger partial charge in [0.05, 0.1) is 11.6 Å². The molecule has 1 aliphatic rings. The number of nitriles is 1. The van der Waals surface area contributed by atoms with Gasteiger partial charge in [-0.3, -0.25) is 4.79 Å². The van der Waals surface area contributed by atoms with Gasteiger partial charge >= 0.3 is 0 Å². The van der Waals surface area contributed by atoms with Crippen LogP contribution in [-0.4, -0.2) is 12.0 Å². The number of amides is 1. The number of hydrogen-bond donors (Lipinski definition) is 1. The maximum absolute atomic E-state index is 12.0. The summed E-state index contributed by atoms with van der Waals surface area (Å²) in [6, 6.07) is 18.5. The Bertz CT molecular complexity index is 676. The van der Waals surface area contributed by atoms with Crippen molar-refractivity contribution < 1.29 is 9.53 Å². The molecule has 2 aromatic rings. The second-order valence-electron chi connectivity index (χ2n) is 4.57. The molecule has 2 atom stereocenters. The maximum atomic E-state index is 12.0. The monoisotopic (exact) mass is 264 g/mol. The van der Waals surface area contributed by atoms with Gasteiger partial charge in [0.1, 0.15) is 6.10 Å². The fourth-order valence-corrected chi connectivity index (χ4v) is 2.09. The van der Waals surface area contributed by atoms with Crippen LogP contribution in [0.4, 0.5) is 5.69 Å². The molecular weight excluding hydrogens is 252 g/mol. The number of benzene rings is 2. The van der Waals surface area contributed by atoms with Crippen LogP contribution in [0, 0.1) is 11.3 Å². The molecule has 0 saturated carbocycles. The van der Waals surface area contributed by atoms with Crippen molar-refractivity contribution in [1.29, 1.82) is 5.26 Å². The summed E-state index contributed by atoms with van der Waals surface area (Å²) in [4.78, 5) is 12.0. The minimum absolute atomic E-state index is 0.163. The Balaban J connectivity index is 1.67. The SMILES string of the molecule is N#Cc1cccc([C@H]2O[C@H]2C(=O)Nc2ccccc2)c1. The summed E-state index contributed by atoms with van der Waals surface area (Å²) < 4.78 is 5.42. The highest BCUT2D eigenvalue weighted by molar-refractivity contribution is 5.96. The fourth-order valence-electron chi connectivity index (χ4n) is 2.09. The second-order valence-corrected chi connectivity index (χ2v) is 4.57. The van der Waals surface area contributed by atoms with Crippen LogP contribution in [0.15, 0.2) is 54.6 Å². The van der Waals surface area contributed by atoms with E-state index in [2.05, 4.69) is 11.4 Å². The first kappa shape index (κ1) is 12.4. The van der Waals surface area contributed by atoms with Gasteiger partial charge in [-0.1, -0.05) is 30.3 Å². The first-order valence-corrected chi connectivity index (χ1v) is 6.29. The summed E-state index contributed by atoms with van der Waals surface area (Å²) in [5.41, 5.74) is 2.18. The lowest BCUT2D eigenvalue weighted by Gasteiger charge is -2.02. The molecule has 2 aromatic carbocycles. The van der Waals surface area contributed by atoms with Gasteiger partial charge in [0.2, 0.25) is 0 Å². The summed E-state index contributed by atoms with van der Waals surface area (Å²) in [5.74, 6) is -0.163. The van der Waals surface area contributed by atoms with Crippen LogP contribution in [-0.2, 0) is 9.53 Å². The van der Waals surface area contributed by atoms with E-state index in [4.69, 9.17) is 10.00 Å². The van der Waals surface area contributed by atoms with Crippen LogP contribution in [0.3, 0.4) is 0 Å². The predicted octanol–water partition coefficient (Wildman–Crippen LogP) is 2.64. The molecule has 1 saturated heterocycles. The maximum Gasteiger partial charge on any atom is 0.256 e. The van der Waals surface area contributed by atoms with Crippen molar-refractivity contribution in [1.82, 2.24) is 0 Å². The number of carbonyl (C=O) groups excluding carboxylic acids is 1. The normalized spacial score (nSPS) is 19.9. The number of epoxide rings is 1. The molecule has 0 unspecified atom stereocenters. The van der Waals surface area contributed by atoms with E-state index in [1.54, 1.807) is 18.2 Å². The zero-order valence-electron chi connectivity index (χ0n) is 10.6. The van der Waals surface area contributed by atoms with Crippen molar-refractivity contribution in [3.05, 3.63) is 65.7 Å². The van der Waals surface area contributed by atoms with E-state index >= 15 is 0 Å². The van der Waals surface area contributed by atoms with Gasteiger partial charge in [-0.05, 0) is 29.8 Å². The fraction of sp³-hybridized carbons (Fsp3) is 0.125. The number of rotatable bonds is 3. The van der Waals surface area contributed by atoms with Crippen molar-refractivity contribution in [3.63, 3.8) is 0 Å². The molecule has 0 aliphatic carbocycles. The predicted molar refractivity (Wildman–Crippen MR) is 73.8 cm³/mol. The Labute approximate surface area is 116 Å². The minimum atomic E-state index is -0.482. The molecule has 1 amide bonds. The highest BCUT2D eigenvalue weighted by Gasteiger charge is 2.46. The first-order chi connectivity index (χ1) is 9.78. The van der Waals surface area contributed by atoms with Crippen molar-refractivity contribution in [3.8, 4) is 6.07 Å². The molecule has 1 heterocycles. The lowest BCUT2D eigenvalue weighted by atomic mass is 10.1. The van der Waals surface area contributed by atoms with Crippen LogP contribution in [0.2, 0.25) is 0 Å². The van der Waals surface area contributed by atoms with Gasteiger partial charge in [-0.25, -0.2) is 0 Å². The number of nitrogens with one attached hydrogen (secondary N) is 1. The highest BCUT2D eigenvalue weighted by Crippen LogP contribution is 2.39. The molecule has 4 heteroatoms. The van der Waals surface area contributed by atoms with Gasteiger partial charge in [0.15, 0.2) is 6.10 Å². The summed E-state index contributed by atoms with van der Waals surface area (Å²) in [6.45, 7) is 0. The topological polar surface area (TPSA) is 65.4 Å². The Morgan fingerprint density at radius 1 is 1.15 bits per heavy atom. The average molecular weight is 264 g/mol. The van der Waals surface area contributed by atoms with E-state index in [-0.39, 0.29) is 12.0 Å². The molecule has 0 bridgehead atoms. The zero-order chi connectivity index (χ0) is 13.9. The first-order valence-electron chi connectivity index (χ1n) is 6.29. The molecule has 4 nitrogen and oxygen atoms in total. The van der Waals surface area contributed by atoms with Crippen molar-refractivity contribution in [2.24, 2.45) is 0 Å². The largest absolute Gasteiger partial charge is 0.354 e. The molecule has 0 aromatic heterocycles. The third-order valence-electron chi connectivity index (χ3n) is 3.14. The average Bonchev–Trinajstić information content (AvgIpc) is 3.29. The minimum Gasteiger partial charge on any atom is -0.354 e. The van der Waals surface area contributed by atoms with Gasteiger partial charge in [0, 0.05) is 5.69 Å². The van der Waals surface area contributed by atoms with Crippen LogP contribution >= 0.6 is 0 Å². The standard InChI is InChI=1S/C16H12N2O2/c17-10-11-5-4-6-12(9-11)14-15(20-14)16(19)18-13-7-2-1-3-8-13/h1-9,14-15H,(H,18,19)/t14-,15-/m1/s1. The number of nitrogens with zero attached hydrogens (tertiary/aromatic N) is 1. The summed E-state index contributed by atoms with van der Waals surface area (Å²) in [5, 5.41) is 11.7. The van der Waals surface area contributed by atoms with E-state index in [1.807, 2.05) is 36.4 Å². The van der Waals surface area contributed by atoms with E-state index < -0.39 is 6.10 Å². The number of ether oxygens (including phenoxy) is 1. The van der Waals surface area contributed by atoms with E-state index in [0.717, 1.165) is 11.3 Å². The summed E-state index contributed by atoms with van der Waals surface area (Å²) >= 11 is 0. The molecule has 1 aliphatic heterocycles. The van der Waals surface area contributed by atoms with Gasteiger partial charge < -0.3 is 10.1 Å². The quantitative estimate of drug-likeness (QED) is 0.867. The molecule has 1 N–H and O–H groups in total. The molecule has 3 rings (SSSR count). The number of hydrogen-bond acceptors (Lipinski definition) is 3. The zero-order valence-corrected chi connectivity index (χ0v) is 10.6. The smallest absolute Gasteiger partial charge is 0.256 e. The number of para-hydroxylation sites is 1. The third-order valence-corrected chi connectivity index (χ3v) is 3.14. The Hall–Kier alpha value is -2.64. The lowest BCUT2D eigenvalue weighted by Crippen LogP contribution is -2.18. The molecular formula is C16H12N2O2. The van der Waals surface area contributed by atoms with Crippen LogP contribution < -0.4 is 5.32 Å². The molecule has 98 valence electrons. The van der Waals surface area contributed by atoms with E-state index in [1.165, 1.54) is 0 Å². The van der Waals surface area contributed by atoms with Gasteiger partial charge in [-0.2, -0.15) is 5.26 Å². The lowest BCUT2D eigenvalue weighted by molar-refractivity contribution is -0.117. The van der Waals surface area contributed by atoms with Gasteiger partial charge in [-0.15, -0.1) is 0 Å². The van der Waals surface area contributed by atoms with Crippen molar-refractivity contribution in [2.75, 3.05) is 5.32 Å². The van der Waals surface area contributed by atoms with Gasteiger partial charge in [0.25, 0.3) is 5.91 Å². The molecule has 0 radical (unpaired) electrons. The van der Waals surface area contributed by atoms with Crippen LogP contribution in [0.1, 0.15) is 17.2 Å². The summed E-state index contributed by atoms with van der Waals surface area (Å²) in [7, 11) is 0. The Morgan fingerprint density at radius 3 is 2.70 bits per heavy atom. The van der Waals surface area contributed by atoms with E-state index in [0.29, 0.717) is 5.56 Å². The highest BCUT2D eigenvalue weighted by atomic mass is 16.6. The van der Waals surface area contributed by atoms with Crippen LogP contribution in [0.5, 0.6) is 0 Å². The van der Waals surface area contributed by atoms with Crippen LogP contribution in [0.25, 0.3) is 0 Å². The van der Waals surface area contributed by atoms with E-state index in [9.17, 15) is 4.79 Å². The Morgan fingerprint density at radius 2 is 1.95 bits per heavy atom. The molecule has 20 heavy (non-hydrogen) atoms. The Kier molecular flexibility index (Phi) is 3.20. The second kappa shape index (κ2) is 5.16. The number of carbonyl (C=O) groups is 1.